The number of rotatable bonds is 8. The van der Waals surface area contributed by atoms with E-state index in [0.29, 0.717) is 42.0 Å². The number of nitrogens with zero attached hydrogens (tertiary/aromatic N) is 4. The van der Waals surface area contributed by atoms with Gasteiger partial charge in [-0.25, -0.2) is 9.97 Å². The fraction of sp³-hybridized carbons (Fsp3) is 0.364. The van der Waals surface area contributed by atoms with Crippen LogP contribution in [-0.4, -0.2) is 71.9 Å². The van der Waals surface area contributed by atoms with Crippen molar-refractivity contribution in [1.82, 2.24) is 19.8 Å². The molecule has 4 rings (SSSR count). The van der Waals surface area contributed by atoms with Crippen molar-refractivity contribution in [2.45, 2.75) is 12.8 Å². The van der Waals surface area contributed by atoms with E-state index in [9.17, 15) is 9.59 Å². The Hall–Kier alpha value is -3.10. The largest absolute Gasteiger partial charge is 0.369 e. The number of benzene rings is 2. The normalized spacial score (nSPS) is 13.7. The fourth-order valence-corrected chi connectivity index (χ4v) is 3.85. The smallest absolute Gasteiger partial charge is 0.261 e. The lowest BCUT2D eigenvalue weighted by Crippen LogP contribution is -2.43. The topological polar surface area (TPSA) is 104 Å². The van der Waals surface area contributed by atoms with E-state index in [4.69, 9.17) is 5.73 Å². The summed E-state index contributed by atoms with van der Waals surface area (Å²) in [5.41, 5.74) is 7.37. The van der Waals surface area contributed by atoms with Crippen LogP contribution in [0.1, 0.15) is 33.6 Å². The van der Waals surface area contributed by atoms with E-state index in [1.165, 1.54) is 11.2 Å². The molecule has 2 amide bonds. The number of unbranched alkanes of at least 4 members (excludes halogenated alkanes) is 1. The van der Waals surface area contributed by atoms with Crippen LogP contribution in [0.3, 0.4) is 0 Å². The van der Waals surface area contributed by atoms with Crippen molar-refractivity contribution in [3.8, 4) is 0 Å². The molecule has 156 valence electrons. The van der Waals surface area contributed by atoms with Crippen molar-refractivity contribution < 1.29 is 9.59 Å². The van der Waals surface area contributed by atoms with Gasteiger partial charge in [0.2, 0.25) is 0 Å². The van der Waals surface area contributed by atoms with E-state index >= 15 is 0 Å². The summed E-state index contributed by atoms with van der Waals surface area (Å²) in [6.07, 6.45) is 3.37. The maximum atomic E-state index is 13.3. The molecule has 3 aromatic rings. The van der Waals surface area contributed by atoms with Crippen LogP contribution < -0.4 is 11.1 Å². The number of nitrogens with one attached hydrogen (secondary N) is 1. The molecule has 2 heterocycles. The SMILES string of the molecule is CN(C)CCN1C(=O)c2cccc3c2c(cc2c(NCCCCN)ncnc23)C1=O. The van der Waals surface area contributed by atoms with Gasteiger partial charge >= 0.3 is 0 Å². The third-order valence-corrected chi connectivity index (χ3v) is 5.41. The van der Waals surface area contributed by atoms with E-state index in [1.807, 2.05) is 37.2 Å². The highest BCUT2D eigenvalue weighted by Gasteiger charge is 2.33. The quantitative estimate of drug-likeness (QED) is 0.335. The molecule has 0 aliphatic carbocycles. The van der Waals surface area contributed by atoms with Crippen LogP contribution in [0.4, 0.5) is 5.82 Å². The van der Waals surface area contributed by atoms with Crippen LogP contribution in [-0.2, 0) is 0 Å². The number of carbonyl (C=O) groups is 2. The van der Waals surface area contributed by atoms with Crippen LogP contribution in [0, 0.1) is 0 Å². The molecule has 0 spiro atoms. The average molecular weight is 406 g/mol. The van der Waals surface area contributed by atoms with Crippen LogP contribution in [0.25, 0.3) is 21.7 Å². The third-order valence-electron chi connectivity index (χ3n) is 5.41. The van der Waals surface area contributed by atoms with Gasteiger partial charge in [0, 0.05) is 46.9 Å². The van der Waals surface area contributed by atoms with Gasteiger partial charge in [-0.3, -0.25) is 14.5 Å². The Bertz CT molecular complexity index is 1130. The van der Waals surface area contributed by atoms with Crippen molar-refractivity contribution >= 4 is 39.3 Å². The van der Waals surface area contributed by atoms with E-state index < -0.39 is 0 Å². The summed E-state index contributed by atoms with van der Waals surface area (Å²) in [6, 6.07) is 7.35. The summed E-state index contributed by atoms with van der Waals surface area (Å²) in [5.74, 6) is 0.156. The molecular formula is C22H26N6O2. The number of anilines is 1. The summed E-state index contributed by atoms with van der Waals surface area (Å²) in [5, 5.41) is 5.59. The highest BCUT2D eigenvalue weighted by Crippen LogP contribution is 2.36. The first kappa shape index (κ1) is 20.2. The van der Waals surface area contributed by atoms with Gasteiger partial charge in [0.25, 0.3) is 11.8 Å². The van der Waals surface area contributed by atoms with Crippen molar-refractivity contribution in [2.24, 2.45) is 5.73 Å². The van der Waals surface area contributed by atoms with Gasteiger partial charge in [0.15, 0.2) is 0 Å². The summed E-state index contributed by atoms with van der Waals surface area (Å²) in [6.45, 7) is 2.33. The van der Waals surface area contributed by atoms with Gasteiger partial charge in [-0.2, -0.15) is 0 Å². The summed E-state index contributed by atoms with van der Waals surface area (Å²) >= 11 is 0. The number of aromatic nitrogens is 2. The molecule has 8 nitrogen and oxygen atoms in total. The molecular weight excluding hydrogens is 380 g/mol. The lowest BCUT2D eigenvalue weighted by atomic mass is 9.92. The first-order valence-electron chi connectivity index (χ1n) is 10.2. The Kier molecular flexibility index (Phi) is 5.61. The van der Waals surface area contributed by atoms with Gasteiger partial charge in [-0.1, -0.05) is 12.1 Å². The standard InChI is InChI=1S/C22H26N6O2/c1-27(2)10-11-28-21(29)15-7-5-6-14-18(15)16(22(28)30)12-17-19(14)25-13-26-20(17)24-9-4-3-8-23/h5-7,12-13H,3-4,8-11,23H2,1-2H3,(H,24,25,26). The number of carbonyl (C=O) groups excluding carboxylic acids is 2. The van der Waals surface area contributed by atoms with Crippen LogP contribution >= 0.6 is 0 Å². The lowest BCUT2D eigenvalue weighted by Gasteiger charge is -2.28. The van der Waals surface area contributed by atoms with Gasteiger partial charge in [-0.05, 0) is 45.6 Å². The lowest BCUT2D eigenvalue weighted by molar-refractivity contribution is 0.0601. The van der Waals surface area contributed by atoms with Gasteiger partial charge in [0.05, 0.1) is 5.52 Å². The van der Waals surface area contributed by atoms with E-state index in [2.05, 4.69) is 15.3 Å². The molecule has 0 unspecified atom stereocenters. The summed E-state index contributed by atoms with van der Waals surface area (Å²) in [4.78, 5) is 38.5. The maximum Gasteiger partial charge on any atom is 0.261 e. The number of nitrogens with two attached hydrogens (primary N) is 1. The molecule has 0 bridgehead atoms. The minimum atomic E-state index is -0.273. The van der Waals surface area contributed by atoms with E-state index in [0.717, 1.165) is 35.7 Å². The van der Waals surface area contributed by atoms with Crippen LogP contribution in [0.2, 0.25) is 0 Å². The Morgan fingerprint density at radius 2 is 1.87 bits per heavy atom. The molecule has 30 heavy (non-hydrogen) atoms. The molecule has 1 aromatic heterocycles. The Morgan fingerprint density at radius 3 is 2.63 bits per heavy atom. The number of fused-ring (bicyclic) bond motifs is 2. The second-order valence-electron chi connectivity index (χ2n) is 7.76. The number of hydrogen-bond donors (Lipinski definition) is 2. The Morgan fingerprint density at radius 1 is 1.07 bits per heavy atom. The Labute approximate surface area is 175 Å². The monoisotopic (exact) mass is 406 g/mol. The minimum absolute atomic E-state index is 0.256. The molecule has 0 radical (unpaired) electrons. The first-order chi connectivity index (χ1) is 14.5. The van der Waals surface area contributed by atoms with Crippen LogP contribution in [0.15, 0.2) is 30.6 Å². The zero-order chi connectivity index (χ0) is 21.3. The van der Waals surface area contributed by atoms with Crippen molar-refractivity contribution in [3.05, 3.63) is 41.7 Å². The molecule has 0 atom stereocenters. The molecule has 2 aromatic carbocycles. The molecule has 0 saturated heterocycles. The molecule has 8 heteroatoms. The van der Waals surface area contributed by atoms with Crippen molar-refractivity contribution in [1.29, 1.82) is 0 Å². The minimum Gasteiger partial charge on any atom is -0.369 e. The number of likely N-dealkylation sites (N-methyl/N-ethyl adjacent to an activating group) is 1. The molecule has 0 saturated carbocycles. The number of hydrogen-bond acceptors (Lipinski definition) is 7. The Balaban J connectivity index is 1.85. The summed E-state index contributed by atoms with van der Waals surface area (Å²) < 4.78 is 0. The highest BCUT2D eigenvalue weighted by atomic mass is 16.2. The van der Waals surface area contributed by atoms with Crippen molar-refractivity contribution in [2.75, 3.05) is 45.6 Å². The zero-order valence-corrected chi connectivity index (χ0v) is 17.3. The zero-order valence-electron chi connectivity index (χ0n) is 17.3. The maximum absolute atomic E-state index is 13.3. The van der Waals surface area contributed by atoms with Crippen molar-refractivity contribution in [3.63, 3.8) is 0 Å². The number of amides is 2. The molecule has 1 aliphatic heterocycles. The number of imide groups is 1. The predicted molar refractivity (Wildman–Crippen MR) is 118 cm³/mol. The van der Waals surface area contributed by atoms with Gasteiger partial charge < -0.3 is 16.0 Å². The first-order valence-corrected chi connectivity index (χ1v) is 10.2. The van der Waals surface area contributed by atoms with E-state index in [1.54, 1.807) is 6.07 Å². The van der Waals surface area contributed by atoms with Gasteiger partial charge in [-0.15, -0.1) is 0 Å². The van der Waals surface area contributed by atoms with Crippen LogP contribution in [0.5, 0.6) is 0 Å². The van der Waals surface area contributed by atoms with Gasteiger partial charge in [0.1, 0.15) is 12.1 Å². The second kappa shape index (κ2) is 8.33. The molecule has 0 fully saturated rings. The molecule has 1 aliphatic rings. The van der Waals surface area contributed by atoms with E-state index in [-0.39, 0.29) is 11.8 Å². The second-order valence-corrected chi connectivity index (χ2v) is 7.76. The predicted octanol–water partition coefficient (Wildman–Crippen LogP) is 2.09. The summed E-state index contributed by atoms with van der Waals surface area (Å²) in [7, 11) is 3.84. The third kappa shape index (κ3) is 3.48. The fourth-order valence-electron chi connectivity index (χ4n) is 3.85. The highest BCUT2D eigenvalue weighted by molar-refractivity contribution is 6.29. The average Bonchev–Trinajstić information content (AvgIpc) is 2.74. The molecule has 3 N–H and O–H groups in total.